The first kappa shape index (κ1) is 8.04. The fraction of sp³-hybridized carbons (Fsp3) is 0.571. The third-order valence-corrected chi connectivity index (χ3v) is 2.51. The molecule has 0 saturated carbocycles. The summed E-state index contributed by atoms with van der Waals surface area (Å²) in [5, 5.41) is 0. The highest BCUT2D eigenvalue weighted by Gasteiger charge is 2.04. The van der Waals surface area contributed by atoms with Gasteiger partial charge in [-0.25, -0.2) is 4.98 Å². The summed E-state index contributed by atoms with van der Waals surface area (Å²) in [6.45, 7) is 4.14. The summed E-state index contributed by atoms with van der Waals surface area (Å²) >= 11 is 2.33. The average Bonchev–Trinajstić information content (AvgIpc) is 2.17. The zero-order valence-corrected chi connectivity index (χ0v) is 8.64. The van der Waals surface area contributed by atoms with Crippen molar-refractivity contribution in [2.24, 2.45) is 7.05 Å². The second-order valence-corrected chi connectivity index (χ2v) is 3.15. The quantitative estimate of drug-likeness (QED) is 0.550. The summed E-state index contributed by atoms with van der Waals surface area (Å²) in [7, 11) is 2.06. The highest BCUT2D eigenvalue weighted by atomic mass is 127. The Kier molecular flexibility index (Phi) is 2.33. The van der Waals surface area contributed by atoms with Crippen molar-refractivity contribution in [1.82, 2.24) is 9.55 Å². The lowest BCUT2D eigenvalue weighted by atomic mass is 10.4. The van der Waals surface area contributed by atoms with Crippen LogP contribution in [0.25, 0.3) is 0 Å². The summed E-state index contributed by atoms with van der Waals surface area (Å²) in [4.78, 5) is 4.38. The maximum Gasteiger partial charge on any atom is 0.118 e. The topological polar surface area (TPSA) is 17.8 Å². The lowest BCUT2D eigenvalue weighted by Crippen LogP contribution is -1.95. The van der Waals surface area contributed by atoms with E-state index in [-0.39, 0.29) is 0 Å². The molecule has 0 unspecified atom stereocenters. The van der Waals surface area contributed by atoms with Gasteiger partial charge in [0.15, 0.2) is 0 Å². The highest BCUT2D eigenvalue weighted by Crippen LogP contribution is 2.10. The SMILES string of the molecule is Cc1nc(CI)n(C)c1C. The summed E-state index contributed by atoms with van der Waals surface area (Å²) in [6.07, 6.45) is 0. The minimum absolute atomic E-state index is 0.989. The smallest absolute Gasteiger partial charge is 0.118 e. The number of aromatic nitrogens is 2. The van der Waals surface area contributed by atoms with Crippen molar-refractivity contribution in [3.05, 3.63) is 17.2 Å². The van der Waals surface area contributed by atoms with Gasteiger partial charge in [0, 0.05) is 12.7 Å². The number of hydrogen-bond acceptors (Lipinski definition) is 1. The number of rotatable bonds is 1. The molecule has 56 valence electrons. The van der Waals surface area contributed by atoms with E-state index < -0.39 is 0 Å². The fourth-order valence-corrected chi connectivity index (χ4v) is 1.59. The molecule has 1 aromatic rings. The van der Waals surface area contributed by atoms with E-state index in [1.54, 1.807) is 0 Å². The molecule has 1 aromatic heterocycles. The van der Waals surface area contributed by atoms with Gasteiger partial charge in [-0.3, -0.25) is 0 Å². The molecule has 0 fully saturated rings. The predicted molar refractivity (Wildman–Crippen MR) is 50.4 cm³/mol. The van der Waals surface area contributed by atoms with E-state index in [1.807, 2.05) is 6.92 Å². The normalized spacial score (nSPS) is 10.4. The summed E-state index contributed by atoms with van der Waals surface area (Å²) in [5.41, 5.74) is 2.42. The van der Waals surface area contributed by atoms with Crippen LogP contribution in [0.4, 0.5) is 0 Å². The Bertz CT molecular complexity index is 240. The number of halogens is 1. The van der Waals surface area contributed by atoms with Crippen molar-refractivity contribution in [3.63, 3.8) is 0 Å². The Labute approximate surface area is 74.8 Å². The standard InChI is InChI=1S/C7H11IN2/c1-5-6(2)10(3)7(4-8)9-5/h4H2,1-3H3. The first-order valence-electron chi connectivity index (χ1n) is 3.21. The van der Waals surface area contributed by atoms with Gasteiger partial charge in [0.1, 0.15) is 5.82 Å². The molecule has 0 aromatic carbocycles. The van der Waals surface area contributed by atoms with Crippen LogP contribution in [0.5, 0.6) is 0 Å². The van der Waals surface area contributed by atoms with Crippen LogP contribution in [0.3, 0.4) is 0 Å². The summed E-state index contributed by atoms with van der Waals surface area (Å²) < 4.78 is 3.13. The second-order valence-electron chi connectivity index (χ2n) is 2.39. The van der Waals surface area contributed by atoms with Gasteiger partial charge in [-0.05, 0) is 13.8 Å². The molecular formula is C7H11IN2. The molecule has 2 nitrogen and oxygen atoms in total. The maximum atomic E-state index is 4.38. The van der Waals surface area contributed by atoms with Crippen LogP contribution in [0, 0.1) is 13.8 Å². The van der Waals surface area contributed by atoms with E-state index in [4.69, 9.17) is 0 Å². The molecule has 10 heavy (non-hydrogen) atoms. The van der Waals surface area contributed by atoms with Crippen LogP contribution in [-0.2, 0) is 11.5 Å². The molecule has 0 aliphatic heterocycles. The Hall–Kier alpha value is -0.0600. The molecule has 3 heteroatoms. The molecule has 0 radical (unpaired) electrons. The van der Waals surface area contributed by atoms with Gasteiger partial charge in [-0.2, -0.15) is 0 Å². The summed E-state index contributed by atoms with van der Waals surface area (Å²) in [5.74, 6) is 1.16. The van der Waals surface area contributed by atoms with E-state index in [0.29, 0.717) is 0 Å². The van der Waals surface area contributed by atoms with E-state index in [1.165, 1.54) is 5.69 Å². The Morgan fingerprint density at radius 2 is 2.10 bits per heavy atom. The van der Waals surface area contributed by atoms with Gasteiger partial charge in [0.05, 0.1) is 10.1 Å². The molecule has 0 N–H and O–H groups in total. The first-order chi connectivity index (χ1) is 4.66. The molecule has 1 rings (SSSR count). The molecular weight excluding hydrogens is 239 g/mol. The first-order valence-corrected chi connectivity index (χ1v) is 4.74. The van der Waals surface area contributed by atoms with Crippen molar-refractivity contribution in [2.45, 2.75) is 18.3 Å². The van der Waals surface area contributed by atoms with Gasteiger partial charge >= 0.3 is 0 Å². The van der Waals surface area contributed by atoms with Crippen molar-refractivity contribution < 1.29 is 0 Å². The Balaban J connectivity index is 3.17. The van der Waals surface area contributed by atoms with Gasteiger partial charge in [-0.1, -0.05) is 22.6 Å². The number of alkyl halides is 1. The molecule has 1 heterocycles. The minimum Gasteiger partial charge on any atom is -0.334 e. The van der Waals surface area contributed by atoms with Crippen LogP contribution in [0.1, 0.15) is 17.2 Å². The van der Waals surface area contributed by atoms with E-state index in [9.17, 15) is 0 Å². The third kappa shape index (κ3) is 1.19. The molecule has 0 aliphatic rings. The number of nitrogens with zero attached hydrogens (tertiary/aromatic N) is 2. The van der Waals surface area contributed by atoms with E-state index in [0.717, 1.165) is 15.9 Å². The van der Waals surface area contributed by atoms with Gasteiger partial charge < -0.3 is 4.57 Å². The molecule has 0 aliphatic carbocycles. The van der Waals surface area contributed by atoms with Gasteiger partial charge in [0.2, 0.25) is 0 Å². The second kappa shape index (κ2) is 2.90. The lowest BCUT2D eigenvalue weighted by molar-refractivity contribution is 0.824. The monoisotopic (exact) mass is 250 g/mol. The number of imidazole rings is 1. The predicted octanol–water partition coefficient (Wildman–Crippen LogP) is 1.97. The molecule has 0 saturated heterocycles. The average molecular weight is 250 g/mol. The minimum atomic E-state index is 0.989. The fourth-order valence-electron chi connectivity index (χ4n) is 0.905. The number of hydrogen-bond donors (Lipinski definition) is 0. The Morgan fingerprint density at radius 1 is 1.50 bits per heavy atom. The largest absolute Gasteiger partial charge is 0.334 e. The van der Waals surface area contributed by atoms with E-state index >= 15 is 0 Å². The van der Waals surface area contributed by atoms with Crippen LogP contribution >= 0.6 is 22.6 Å². The van der Waals surface area contributed by atoms with Crippen molar-refractivity contribution >= 4 is 22.6 Å². The molecule has 0 spiro atoms. The van der Waals surface area contributed by atoms with Crippen LogP contribution in [0.15, 0.2) is 0 Å². The van der Waals surface area contributed by atoms with Crippen LogP contribution < -0.4 is 0 Å². The zero-order valence-electron chi connectivity index (χ0n) is 6.48. The highest BCUT2D eigenvalue weighted by molar-refractivity contribution is 14.1. The van der Waals surface area contributed by atoms with Gasteiger partial charge in [0.25, 0.3) is 0 Å². The maximum absolute atomic E-state index is 4.38. The van der Waals surface area contributed by atoms with Gasteiger partial charge in [-0.15, -0.1) is 0 Å². The van der Waals surface area contributed by atoms with E-state index in [2.05, 4.69) is 46.1 Å². The van der Waals surface area contributed by atoms with Crippen molar-refractivity contribution in [3.8, 4) is 0 Å². The third-order valence-electron chi connectivity index (χ3n) is 1.83. The lowest BCUT2D eigenvalue weighted by Gasteiger charge is -1.97. The molecule has 0 atom stereocenters. The molecule has 0 bridgehead atoms. The van der Waals surface area contributed by atoms with Crippen molar-refractivity contribution in [2.75, 3.05) is 0 Å². The van der Waals surface area contributed by atoms with Crippen LogP contribution in [-0.4, -0.2) is 9.55 Å². The van der Waals surface area contributed by atoms with Crippen molar-refractivity contribution in [1.29, 1.82) is 0 Å². The zero-order chi connectivity index (χ0) is 7.72. The van der Waals surface area contributed by atoms with Crippen LogP contribution in [0.2, 0.25) is 0 Å². The number of aryl methyl sites for hydroxylation is 1. The summed E-state index contributed by atoms with van der Waals surface area (Å²) in [6, 6.07) is 0. The molecule has 0 amide bonds. The Morgan fingerprint density at radius 3 is 2.30 bits per heavy atom.